The molecule has 108 valence electrons. The van der Waals surface area contributed by atoms with Gasteiger partial charge in [0.2, 0.25) is 5.91 Å². The Labute approximate surface area is 118 Å². The summed E-state index contributed by atoms with van der Waals surface area (Å²) in [4.78, 5) is 13.8. The number of rotatable bonds is 2. The Balaban J connectivity index is 2.03. The second-order valence-electron chi connectivity index (χ2n) is 7.28. The quantitative estimate of drug-likeness (QED) is 0.574. The molecule has 0 spiro atoms. The number of fused-ring (bicyclic) bond motifs is 1. The molecule has 0 N–H and O–H groups in total. The molecule has 0 aromatic rings. The fourth-order valence-electron chi connectivity index (χ4n) is 2.51. The highest BCUT2D eigenvalue weighted by molar-refractivity contribution is 6.74. The van der Waals surface area contributed by atoms with Crippen LogP contribution in [0.3, 0.4) is 0 Å². The predicted molar refractivity (Wildman–Crippen MR) is 80.6 cm³/mol. The van der Waals surface area contributed by atoms with Crippen molar-refractivity contribution in [2.45, 2.75) is 70.3 Å². The van der Waals surface area contributed by atoms with Crippen LogP contribution in [-0.2, 0) is 9.22 Å². The molecule has 2 aliphatic heterocycles. The minimum atomic E-state index is -1.72. The van der Waals surface area contributed by atoms with Crippen LogP contribution < -0.4 is 0 Å². The summed E-state index contributed by atoms with van der Waals surface area (Å²) in [6.07, 6.45) is 7.19. The lowest BCUT2D eigenvalue weighted by Crippen LogP contribution is -2.44. The van der Waals surface area contributed by atoms with Gasteiger partial charge >= 0.3 is 0 Å². The van der Waals surface area contributed by atoms with E-state index >= 15 is 0 Å². The largest absolute Gasteiger partial charge is 0.410 e. The van der Waals surface area contributed by atoms with Crippen LogP contribution in [0.2, 0.25) is 18.1 Å². The zero-order valence-electron chi connectivity index (χ0n) is 12.9. The molecule has 0 saturated carbocycles. The minimum Gasteiger partial charge on any atom is -0.410 e. The van der Waals surface area contributed by atoms with Crippen LogP contribution in [0.15, 0.2) is 12.2 Å². The maximum atomic E-state index is 11.8. The summed E-state index contributed by atoms with van der Waals surface area (Å²) in [5, 5.41) is 0.235. The van der Waals surface area contributed by atoms with Crippen molar-refractivity contribution in [1.29, 1.82) is 0 Å². The van der Waals surface area contributed by atoms with Crippen LogP contribution in [0.1, 0.15) is 40.0 Å². The lowest BCUT2D eigenvalue weighted by atomic mass is 10.2. The lowest BCUT2D eigenvalue weighted by Gasteiger charge is -2.38. The summed E-state index contributed by atoms with van der Waals surface area (Å²) < 4.78 is 6.44. The summed E-state index contributed by atoms with van der Waals surface area (Å²) in [7, 11) is -1.72. The molecule has 2 heterocycles. The standard InChI is InChI=1S/C15H27NO2Si/c1-15(2,3)19(4,5)18-13-8-6-12-7-9-14(17)16(12)11-10-13/h6,8,12-13H,7,9-11H2,1-5H3/t12-,13-/m1/s1. The monoisotopic (exact) mass is 281 g/mol. The van der Waals surface area contributed by atoms with E-state index in [0.29, 0.717) is 18.4 Å². The van der Waals surface area contributed by atoms with Crippen molar-refractivity contribution in [3.05, 3.63) is 12.2 Å². The van der Waals surface area contributed by atoms with Crippen LogP contribution in [0.4, 0.5) is 0 Å². The molecule has 1 saturated heterocycles. The summed E-state index contributed by atoms with van der Waals surface area (Å²) in [6.45, 7) is 12.2. The molecule has 0 bridgehead atoms. The van der Waals surface area contributed by atoms with E-state index < -0.39 is 8.32 Å². The molecule has 0 unspecified atom stereocenters. The van der Waals surface area contributed by atoms with Gasteiger partial charge in [0.25, 0.3) is 0 Å². The number of hydrogen-bond donors (Lipinski definition) is 0. The van der Waals surface area contributed by atoms with Crippen molar-refractivity contribution in [1.82, 2.24) is 4.90 Å². The number of nitrogens with zero attached hydrogens (tertiary/aromatic N) is 1. The molecule has 0 aliphatic carbocycles. The summed E-state index contributed by atoms with van der Waals surface area (Å²) in [5.74, 6) is 0.308. The first-order chi connectivity index (χ1) is 8.71. The van der Waals surface area contributed by atoms with E-state index in [2.05, 4.69) is 46.0 Å². The van der Waals surface area contributed by atoms with Crippen molar-refractivity contribution >= 4 is 14.2 Å². The summed E-state index contributed by atoms with van der Waals surface area (Å²) in [6, 6.07) is 0.320. The number of hydrogen-bond acceptors (Lipinski definition) is 2. The zero-order chi connectivity index (χ0) is 14.3. The molecular weight excluding hydrogens is 254 g/mol. The molecular formula is C15H27NO2Si. The van der Waals surface area contributed by atoms with Crippen LogP contribution in [0.5, 0.6) is 0 Å². The second-order valence-corrected chi connectivity index (χ2v) is 12.0. The number of carbonyl (C=O) groups is 1. The molecule has 0 radical (unpaired) electrons. The van der Waals surface area contributed by atoms with Crippen molar-refractivity contribution in [3.8, 4) is 0 Å². The Morgan fingerprint density at radius 1 is 1.26 bits per heavy atom. The number of carbonyl (C=O) groups excluding carboxylic acids is 1. The van der Waals surface area contributed by atoms with E-state index in [1.165, 1.54) is 0 Å². The molecule has 4 heteroatoms. The Hall–Kier alpha value is -0.613. The highest BCUT2D eigenvalue weighted by atomic mass is 28.4. The van der Waals surface area contributed by atoms with Crippen molar-refractivity contribution in [2.75, 3.05) is 6.54 Å². The average molecular weight is 281 g/mol. The van der Waals surface area contributed by atoms with Gasteiger partial charge in [-0.2, -0.15) is 0 Å². The van der Waals surface area contributed by atoms with E-state index in [9.17, 15) is 4.79 Å². The van der Waals surface area contributed by atoms with Crippen LogP contribution in [-0.4, -0.2) is 37.8 Å². The molecule has 19 heavy (non-hydrogen) atoms. The fraction of sp³-hybridized carbons (Fsp3) is 0.800. The minimum absolute atomic E-state index is 0.180. The van der Waals surface area contributed by atoms with E-state index in [1.54, 1.807) is 0 Å². The fourth-order valence-corrected chi connectivity index (χ4v) is 3.82. The third-order valence-electron chi connectivity index (χ3n) is 4.83. The maximum absolute atomic E-state index is 11.8. The van der Waals surface area contributed by atoms with Gasteiger partial charge in [-0.15, -0.1) is 0 Å². The first-order valence-electron chi connectivity index (χ1n) is 7.36. The smallest absolute Gasteiger partial charge is 0.223 e. The van der Waals surface area contributed by atoms with Crippen molar-refractivity contribution in [2.24, 2.45) is 0 Å². The molecule has 2 rings (SSSR count). The highest BCUT2D eigenvalue weighted by Gasteiger charge is 2.39. The number of amides is 1. The maximum Gasteiger partial charge on any atom is 0.223 e. The van der Waals surface area contributed by atoms with Gasteiger partial charge in [-0.3, -0.25) is 4.79 Å². The van der Waals surface area contributed by atoms with Gasteiger partial charge in [-0.25, -0.2) is 0 Å². The van der Waals surface area contributed by atoms with E-state index in [0.717, 1.165) is 19.4 Å². The van der Waals surface area contributed by atoms with Gasteiger partial charge in [0, 0.05) is 13.0 Å². The van der Waals surface area contributed by atoms with E-state index in [-0.39, 0.29) is 11.1 Å². The zero-order valence-corrected chi connectivity index (χ0v) is 13.9. The van der Waals surface area contributed by atoms with Gasteiger partial charge < -0.3 is 9.33 Å². The normalized spacial score (nSPS) is 28.5. The molecule has 0 aromatic carbocycles. The van der Waals surface area contributed by atoms with Crippen LogP contribution >= 0.6 is 0 Å². The first-order valence-corrected chi connectivity index (χ1v) is 10.3. The predicted octanol–water partition coefficient (Wildman–Crippen LogP) is 3.33. The Bertz CT molecular complexity index is 384. The SMILES string of the molecule is CC(C)(C)[Si](C)(C)O[C@@H]1C=C[C@@H]2CCC(=O)N2CC1. The first kappa shape index (κ1) is 14.8. The average Bonchev–Trinajstić information content (AvgIpc) is 2.50. The van der Waals surface area contributed by atoms with Crippen molar-refractivity contribution < 1.29 is 9.22 Å². The molecule has 2 atom stereocenters. The Morgan fingerprint density at radius 3 is 2.58 bits per heavy atom. The molecule has 0 aromatic heterocycles. The summed E-state index contributed by atoms with van der Waals surface area (Å²) >= 11 is 0. The summed E-state index contributed by atoms with van der Waals surface area (Å²) in [5.41, 5.74) is 0. The van der Waals surface area contributed by atoms with Gasteiger partial charge in [0.1, 0.15) is 0 Å². The third-order valence-corrected chi connectivity index (χ3v) is 9.33. The lowest BCUT2D eigenvalue weighted by molar-refractivity contribution is -0.128. The van der Waals surface area contributed by atoms with Crippen LogP contribution in [0, 0.1) is 0 Å². The second kappa shape index (κ2) is 5.06. The van der Waals surface area contributed by atoms with Gasteiger partial charge in [-0.05, 0) is 31.0 Å². The van der Waals surface area contributed by atoms with Gasteiger partial charge in [-0.1, -0.05) is 32.9 Å². The van der Waals surface area contributed by atoms with Crippen LogP contribution in [0.25, 0.3) is 0 Å². The Kier molecular flexibility index (Phi) is 3.94. The molecule has 2 aliphatic rings. The topological polar surface area (TPSA) is 29.5 Å². The highest BCUT2D eigenvalue weighted by Crippen LogP contribution is 2.38. The van der Waals surface area contributed by atoms with E-state index in [1.807, 2.05) is 4.90 Å². The van der Waals surface area contributed by atoms with Gasteiger partial charge in [0.15, 0.2) is 8.32 Å². The molecule has 1 fully saturated rings. The van der Waals surface area contributed by atoms with Gasteiger partial charge in [0.05, 0.1) is 12.1 Å². The molecule has 3 nitrogen and oxygen atoms in total. The van der Waals surface area contributed by atoms with Crippen molar-refractivity contribution in [3.63, 3.8) is 0 Å². The third kappa shape index (κ3) is 3.11. The Morgan fingerprint density at radius 2 is 1.95 bits per heavy atom. The van der Waals surface area contributed by atoms with E-state index in [4.69, 9.17) is 4.43 Å². The molecule has 1 amide bonds.